The predicted molar refractivity (Wildman–Crippen MR) is 85.7 cm³/mol. The first-order valence-corrected chi connectivity index (χ1v) is 8.01. The van der Waals surface area contributed by atoms with Gasteiger partial charge in [-0.05, 0) is 31.9 Å². The minimum absolute atomic E-state index is 0.0635. The number of anilines is 1. The molecule has 1 saturated carbocycles. The Kier molecular flexibility index (Phi) is 4.32. The molecule has 2 atom stereocenters. The van der Waals surface area contributed by atoms with Gasteiger partial charge in [0.25, 0.3) is 0 Å². The number of nitrogens with zero attached hydrogens (tertiary/aromatic N) is 1. The minimum Gasteiger partial charge on any atom is -0.352 e. The van der Waals surface area contributed by atoms with E-state index in [1.807, 2.05) is 30.3 Å². The molecule has 3 amide bonds. The highest BCUT2D eigenvalue weighted by atomic mass is 16.2. The van der Waals surface area contributed by atoms with E-state index in [4.69, 9.17) is 0 Å². The third-order valence-electron chi connectivity index (χ3n) is 4.24. The summed E-state index contributed by atoms with van der Waals surface area (Å²) < 4.78 is 0. The van der Waals surface area contributed by atoms with Crippen LogP contribution in [0.3, 0.4) is 0 Å². The quantitative estimate of drug-likeness (QED) is 0.844. The maximum Gasteiger partial charge on any atom is 0.242 e. The average molecular weight is 315 g/mol. The summed E-state index contributed by atoms with van der Waals surface area (Å²) in [5.74, 6) is -0.884. The van der Waals surface area contributed by atoms with Gasteiger partial charge in [-0.1, -0.05) is 18.2 Å². The summed E-state index contributed by atoms with van der Waals surface area (Å²) in [7, 11) is 0. The van der Waals surface area contributed by atoms with Crippen molar-refractivity contribution in [3.05, 3.63) is 30.3 Å². The van der Waals surface area contributed by atoms with Gasteiger partial charge in [-0.2, -0.15) is 0 Å². The van der Waals surface area contributed by atoms with Crippen LogP contribution in [0, 0.1) is 5.92 Å². The second kappa shape index (κ2) is 6.40. The molecule has 1 aliphatic carbocycles. The molecule has 2 N–H and O–H groups in total. The molecule has 6 heteroatoms. The molecule has 122 valence electrons. The van der Waals surface area contributed by atoms with Crippen LogP contribution in [0.4, 0.5) is 5.69 Å². The van der Waals surface area contributed by atoms with Gasteiger partial charge in [-0.3, -0.25) is 14.4 Å². The second-order valence-corrected chi connectivity index (χ2v) is 6.25. The normalized spacial score (nSPS) is 21.9. The SMILES string of the molecule is C[C@H](NC(=O)[C@H]1CC(=O)N(c2ccccc2)C1)C(=O)NC1CC1. The number of para-hydroxylation sites is 1. The number of hydrogen-bond donors (Lipinski definition) is 2. The Labute approximate surface area is 135 Å². The van der Waals surface area contributed by atoms with Crippen LogP contribution >= 0.6 is 0 Å². The molecule has 2 aliphatic rings. The van der Waals surface area contributed by atoms with E-state index in [0.29, 0.717) is 6.54 Å². The van der Waals surface area contributed by atoms with Crippen molar-refractivity contribution in [2.24, 2.45) is 5.92 Å². The van der Waals surface area contributed by atoms with Crippen LogP contribution in [0.1, 0.15) is 26.2 Å². The molecule has 0 aromatic heterocycles. The molecule has 0 unspecified atom stereocenters. The van der Waals surface area contributed by atoms with E-state index in [1.165, 1.54) is 0 Å². The van der Waals surface area contributed by atoms with E-state index in [1.54, 1.807) is 11.8 Å². The maximum absolute atomic E-state index is 12.3. The first-order valence-electron chi connectivity index (χ1n) is 8.01. The zero-order valence-corrected chi connectivity index (χ0v) is 13.1. The summed E-state index contributed by atoms with van der Waals surface area (Å²) >= 11 is 0. The lowest BCUT2D eigenvalue weighted by Gasteiger charge is -2.18. The van der Waals surface area contributed by atoms with Gasteiger partial charge in [-0.25, -0.2) is 0 Å². The Morgan fingerprint density at radius 3 is 2.57 bits per heavy atom. The summed E-state index contributed by atoms with van der Waals surface area (Å²) in [6, 6.07) is 9.00. The number of amides is 3. The highest BCUT2D eigenvalue weighted by molar-refractivity contribution is 6.01. The van der Waals surface area contributed by atoms with Crippen molar-refractivity contribution in [1.29, 1.82) is 0 Å². The van der Waals surface area contributed by atoms with Gasteiger partial charge in [-0.15, -0.1) is 0 Å². The topological polar surface area (TPSA) is 78.5 Å². The Hall–Kier alpha value is -2.37. The number of carbonyl (C=O) groups is 3. The maximum atomic E-state index is 12.3. The molecular formula is C17H21N3O3. The van der Waals surface area contributed by atoms with Crippen molar-refractivity contribution in [3.8, 4) is 0 Å². The van der Waals surface area contributed by atoms with Gasteiger partial charge in [0, 0.05) is 24.7 Å². The van der Waals surface area contributed by atoms with Gasteiger partial charge >= 0.3 is 0 Å². The molecule has 6 nitrogen and oxygen atoms in total. The van der Waals surface area contributed by atoms with E-state index in [-0.39, 0.29) is 30.2 Å². The summed E-state index contributed by atoms with van der Waals surface area (Å²) in [6.07, 6.45) is 2.20. The van der Waals surface area contributed by atoms with Crippen LogP contribution in [-0.2, 0) is 14.4 Å². The zero-order chi connectivity index (χ0) is 16.4. The fraction of sp³-hybridized carbons (Fsp3) is 0.471. The Bertz CT molecular complexity index is 613. The van der Waals surface area contributed by atoms with Gasteiger partial charge in [0.05, 0.1) is 5.92 Å². The van der Waals surface area contributed by atoms with Crippen molar-refractivity contribution in [2.75, 3.05) is 11.4 Å². The number of nitrogens with one attached hydrogen (secondary N) is 2. The Morgan fingerprint density at radius 2 is 1.91 bits per heavy atom. The zero-order valence-electron chi connectivity index (χ0n) is 13.1. The van der Waals surface area contributed by atoms with Crippen LogP contribution < -0.4 is 15.5 Å². The third kappa shape index (κ3) is 3.70. The van der Waals surface area contributed by atoms with E-state index < -0.39 is 12.0 Å². The van der Waals surface area contributed by atoms with Crippen molar-refractivity contribution < 1.29 is 14.4 Å². The lowest BCUT2D eigenvalue weighted by atomic mass is 10.1. The van der Waals surface area contributed by atoms with Crippen molar-refractivity contribution in [2.45, 2.75) is 38.3 Å². The van der Waals surface area contributed by atoms with Crippen LogP contribution in [0.25, 0.3) is 0 Å². The fourth-order valence-electron chi connectivity index (χ4n) is 2.69. The summed E-state index contributed by atoms with van der Waals surface area (Å²) in [5.41, 5.74) is 0.798. The van der Waals surface area contributed by atoms with Crippen molar-refractivity contribution in [1.82, 2.24) is 10.6 Å². The summed E-state index contributed by atoms with van der Waals surface area (Å²) in [5, 5.41) is 5.58. The third-order valence-corrected chi connectivity index (χ3v) is 4.24. The van der Waals surface area contributed by atoms with Gasteiger partial charge in [0.15, 0.2) is 0 Å². The highest BCUT2D eigenvalue weighted by Gasteiger charge is 2.36. The summed E-state index contributed by atoms with van der Waals surface area (Å²) in [6.45, 7) is 2.02. The molecule has 0 bridgehead atoms. The minimum atomic E-state index is -0.580. The Balaban J connectivity index is 1.56. The van der Waals surface area contributed by atoms with Crippen LogP contribution in [0.5, 0.6) is 0 Å². The largest absolute Gasteiger partial charge is 0.352 e. The number of rotatable bonds is 5. The number of hydrogen-bond acceptors (Lipinski definition) is 3. The van der Waals surface area contributed by atoms with Crippen molar-refractivity contribution in [3.63, 3.8) is 0 Å². The first-order chi connectivity index (χ1) is 11.0. The molecule has 0 spiro atoms. The lowest BCUT2D eigenvalue weighted by Crippen LogP contribution is -2.47. The molecule has 1 aromatic rings. The van der Waals surface area contributed by atoms with Gasteiger partial charge in [0.1, 0.15) is 6.04 Å². The van der Waals surface area contributed by atoms with E-state index >= 15 is 0 Å². The van der Waals surface area contributed by atoms with E-state index in [0.717, 1.165) is 18.5 Å². The molecule has 1 aromatic carbocycles. The van der Waals surface area contributed by atoms with E-state index in [9.17, 15) is 14.4 Å². The first kappa shape index (κ1) is 15.5. The predicted octanol–water partition coefficient (Wildman–Crippen LogP) is 0.823. The van der Waals surface area contributed by atoms with Crippen molar-refractivity contribution >= 4 is 23.4 Å². The van der Waals surface area contributed by atoms with Gasteiger partial charge < -0.3 is 15.5 Å². The number of carbonyl (C=O) groups excluding carboxylic acids is 3. The molecule has 3 rings (SSSR count). The lowest BCUT2D eigenvalue weighted by molar-refractivity contribution is -0.131. The molecule has 1 saturated heterocycles. The van der Waals surface area contributed by atoms with E-state index in [2.05, 4.69) is 10.6 Å². The van der Waals surface area contributed by atoms with Crippen LogP contribution in [0.2, 0.25) is 0 Å². The van der Waals surface area contributed by atoms with Gasteiger partial charge in [0.2, 0.25) is 17.7 Å². The summed E-state index contributed by atoms with van der Waals surface area (Å²) in [4.78, 5) is 38.0. The molecule has 0 radical (unpaired) electrons. The molecular weight excluding hydrogens is 294 g/mol. The molecule has 1 heterocycles. The molecule has 23 heavy (non-hydrogen) atoms. The Morgan fingerprint density at radius 1 is 1.22 bits per heavy atom. The molecule has 1 aliphatic heterocycles. The van der Waals surface area contributed by atoms with Crippen LogP contribution in [-0.4, -0.2) is 36.3 Å². The van der Waals surface area contributed by atoms with Crippen LogP contribution in [0.15, 0.2) is 30.3 Å². The second-order valence-electron chi connectivity index (χ2n) is 6.25. The smallest absolute Gasteiger partial charge is 0.242 e. The monoisotopic (exact) mass is 315 g/mol. The highest BCUT2D eigenvalue weighted by Crippen LogP contribution is 2.25. The standard InChI is InChI=1S/C17H21N3O3/c1-11(16(22)19-13-7-8-13)18-17(23)12-9-15(21)20(10-12)14-5-3-2-4-6-14/h2-6,11-13H,7-10H2,1H3,(H,18,23)(H,19,22)/t11-,12-/m0/s1. The average Bonchev–Trinajstić information content (AvgIpc) is 3.27. The fourth-order valence-corrected chi connectivity index (χ4v) is 2.69. The molecule has 2 fully saturated rings. The number of benzene rings is 1.